The molecule has 0 fully saturated rings. The Labute approximate surface area is 154 Å². The Morgan fingerprint density at radius 2 is 1.88 bits per heavy atom. The van der Waals surface area contributed by atoms with E-state index in [4.69, 9.17) is 0 Å². The van der Waals surface area contributed by atoms with Gasteiger partial charge in [-0.25, -0.2) is 22.5 Å². The van der Waals surface area contributed by atoms with Crippen LogP contribution in [0, 0.1) is 5.82 Å². The van der Waals surface area contributed by atoms with Crippen molar-refractivity contribution < 1.29 is 12.8 Å². The largest absolute Gasteiger partial charge is 0.250 e. The minimum absolute atomic E-state index is 0.116. The predicted molar refractivity (Wildman–Crippen MR) is 99.9 cm³/mol. The average molecular weight is 397 g/mol. The smallest absolute Gasteiger partial charge is 0.240 e. The number of sulfonamides is 1. The van der Waals surface area contributed by atoms with Crippen molar-refractivity contribution in [3.8, 4) is 9.88 Å². The van der Waals surface area contributed by atoms with E-state index in [2.05, 4.69) is 23.6 Å². The molecule has 2 heterocycles. The summed E-state index contributed by atoms with van der Waals surface area (Å²) in [4.78, 5) is 5.39. The molecule has 1 aromatic carbocycles. The number of benzene rings is 1. The number of hydrogen-bond acceptors (Lipinski definition) is 5. The molecule has 0 saturated heterocycles. The first-order chi connectivity index (χ1) is 11.8. The molecule has 0 unspecified atom stereocenters. The SMILES string of the molecule is CC(C)c1csc(-c2ccc(S(=O)(=O)NCc3ccc(F)cc3)s2)n1. The monoisotopic (exact) mass is 396 g/mol. The topological polar surface area (TPSA) is 59.1 Å². The molecule has 3 rings (SSSR count). The van der Waals surface area contributed by atoms with Crippen molar-refractivity contribution in [3.63, 3.8) is 0 Å². The first-order valence-corrected chi connectivity index (χ1v) is 10.8. The van der Waals surface area contributed by atoms with Gasteiger partial charge in [0.25, 0.3) is 0 Å². The van der Waals surface area contributed by atoms with Crippen molar-refractivity contribution in [2.45, 2.75) is 30.5 Å². The molecule has 3 aromatic rings. The van der Waals surface area contributed by atoms with Crippen LogP contribution in [0.3, 0.4) is 0 Å². The fourth-order valence-corrected chi connectivity index (χ4v) is 5.52. The number of aromatic nitrogens is 1. The summed E-state index contributed by atoms with van der Waals surface area (Å²) in [6.45, 7) is 4.26. The minimum atomic E-state index is -3.61. The van der Waals surface area contributed by atoms with Crippen LogP contribution in [0.1, 0.15) is 31.0 Å². The Kier molecular flexibility index (Phi) is 5.33. The molecule has 132 valence electrons. The predicted octanol–water partition coefficient (Wildman–Crippen LogP) is 4.61. The van der Waals surface area contributed by atoms with Gasteiger partial charge in [0.1, 0.15) is 15.0 Å². The maximum absolute atomic E-state index is 12.9. The van der Waals surface area contributed by atoms with Gasteiger partial charge in [-0.3, -0.25) is 0 Å². The van der Waals surface area contributed by atoms with Crippen LogP contribution in [-0.4, -0.2) is 13.4 Å². The lowest BCUT2D eigenvalue weighted by Gasteiger charge is -2.04. The molecule has 8 heteroatoms. The van der Waals surface area contributed by atoms with Gasteiger partial charge in [-0.1, -0.05) is 26.0 Å². The van der Waals surface area contributed by atoms with Gasteiger partial charge in [0.2, 0.25) is 10.0 Å². The Balaban J connectivity index is 1.74. The first-order valence-electron chi connectivity index (χ1n) is 7.65. The third-order valence-electron chi connectivity index (χ3n) is 3.55. The van der Waals surface area contributed by atoms with Gasteiger partial charge in [-0.15, -0.1) is 22.7 Å². The number of nitrogens with zero attached hydrogens (tertiary/aromatic N) is 1. The molecule has 0 radical (unpaired) electrons. The van der Waals surface area contributed by atoms with Crippen molar-refractivity contribution in [3.05, 3.63) is 58.9 Å². The molecule has 0 aliphatic heterocycles. The van der Waals surface area contributed by atoms with E-state index in [-0.39, 0.29) is 16.6 Å². The summed E-state index contributed by atoms with van der Waals surface area (Å²) in [5.41, 5.74) is 1.70. The standard InChI is InChI=1S/C17H17FN2O2S3/c1-11(2)14-10-23-17(20-14)15-7-8-16(24-15)25(21,22)19-9-12-3-5-13(18)6-4-12/h3-8,10-11,19H,9H2,1-2H3. The third-order valence-corrected chi connectivity index (χ3v) is 7.56. The van der Waals surface area contributed by atoms with Crippen molar-refractivity contribution in [2.75, 3.05) is 0 Å². The zero-order valence-electron chi connectivity index (χ0n) is 13.7. The lowest BCUT2D eigenvalue weighted by Crippen LogP contribution is -2.22. The minimum Gasteiger partial charge on any atom is -0.240 e. The summed E-state index contributed by atoms with van der Waals surface area (Å²) in [5.74, 6) is -0.00994. The molecular formula is C17H17FN2O2S3. The molecular weight excluding hydrogens is 379 g/mol. The zero-order chi connectivity index (χ0) is 18.0. The summed E-state index contributed by atoms with van der Waals surface area (Å²) in [7, 11) is -3.61. The van der Waals surface area contributed by atoms with Crippen LogP contribution in [0.15, 0.2) is 46.0 Å². The molecule has 1 N–H and O–H groups in total. The summed E-state index contributed by atoms with van der Waals surface area (Å²) in [6.07, 6.45) is 0. The van der Waals surface area contributed by atoms with E-state index in [0.29, 0.717) is 11.5 Å². The van der Waals surface area contributed by atoms with E-state index in [1.807, 2.05) is 5.38 Å². The molecule has 0 aliphatic carbocycles. The molecule has 0 saturated carbocycles. The van der Waals surface area contributed by atoms with Gasteiger partial charge in [-0.2, -0.15) is 0 Å². The summed E-state index contributed by atoms with van der Waals surface area (Å²) in [6, 6.07) is 9.09. The number of thiophene rings is 1. The highest BCUT2D eigenvalue weighted by molar-refractivity contribution is 7.91. The number of thiazole rings is 1. The molecule has 0 spiro atoms. The molecule has 0 bridgehead atoms. The third kappa shape index (κ3) is 4.33. The lowest BCUT2D eigenvalue weighted by atomic mass is 10.2. The van der Waals surface area contributed by atoms with Crippen molar-refractivity contribution in [2.24, 2.45) is 0 Å². The van der Waals surface area contributed by atoms with Crippen LogP contribution in [-0.2, 0) is 16.6 Å². The van der Waals surface area contributed by atoms with Gasteiger partial charge in [0.15, 0.2) is 0 Å². The van der Waals surface area contributed by atoms with Crippen LogP contribution in [0.2, 0.25) is 0 Å². The fourth-order valence-electron chi connectivity index (χ4n) is 2.10. The summed E-state index contributed by atoms with van der Waals surface area (Å²) in [5, 5.41) is 2.83. The Hall–Kier alpha value is -1.61. The second kappa shape index (κ2) is 7.33. The van der Waals surface area contributed by atoms with E-state index in [1.165, 1.54) is 34.8 Å². The van der Waals surface area contributed by atoms with E-state index in [9.17, 15) is 12.8 Å². The van der Waals surface area contributed by atoms with Crippen LogP contribution >= 0.6 is 22.7 Å². The maximum Gasteiger partial charge on any atom is 0.250 e. The second-order valence-corrected chi connectivity index (χ2v) is 9.74. The van der Waals surface area contributed by atoms with Crippen LogP contribution in [0.5, 0.6) is 0 Å². The van der Waals surface area contributed by atoms with Gasteiger partial charge in [0, 0.05) is 11.9 Å². The number of nitrogens with one attached hydrogen (secondary N) is 1. The quantitative estimate of drug-likeness (QED) is 0.662. The number of hydrogen-bond donors (Lipinski definition) is 1. The van der Waals surface area contributed by atoms with Gasteiger partial charge >= 0.3 is 0 Å². The lowest BCUT2D eigenvalue weighted by molar-refractivity contribution is 0.583. The molecule has 0 aliphatic rings. The highest BCUT2D eigenvalue weighted by Crippen LogP contribution is 2.34. The summed E-state index contributed by atoms with van der Waals surface area (Å²) < 4.78 is 40.6. The molecule has 4 nitrogen and oxygen atoms in total. The second-order valence-electron chi connectivity index (χ2n) is 5.80. The Morgan fingerprint density at radius 1 is 1.16 bits per heavy atom. The molecule has 0 amide bonds. The Morgan fingerprint density at radius 3 is 2.52 bits per heavy atom. The average Bonchev–Trinajstić information content (AvgIpc) is 3.23. The van der Waals surface area contributed by atoms with E-state index >= 15 is 0 Å². The number of rotatable bonds is 6. The highest BCUT2D eigenvalue weighted by Gasteiger charge is 2.18. The van der Waals surface area contributed by atoms with Crippen LogP contribution in [0.4, 0.5) is 4.39 Å². The van der Waals surface area contributed by atoms with E-state index in [1.54, 1.807) is 24.3 Å². The normalized spacial score (nSPS) is 12.0. The van der Waals surface area contributed by atoms with Crippen LogP contribution in [0.25, 0.3) is 9.88 Å². The van der Waals surface area contributed by atoms with Gasteiger partial charge < -0.3 is 0 Å². The first kappa shape index (κ1) is 18.2. The maximum atomic E-state index is 12.9. The van der Waals surface area contributed by atoms with Crippen molar-refractivity contribution in [1.82, 2.24) is 9.71 Å². The van der Waals surface area contributed by atoms with E-state index in [0.717, 1.165) is 15.6 Å². The van der Waals surface area contributed by atoms with Gasteiger partial charge in [-0.05, 0) is 35.7 Å². The van der Waals surface area contributed by atoms with Crippen molar-refractivity contribution >= 4 is 32.7 Å². The highest BCUT2D eigenvalue weighted by atomic mass is 32.2. The van der Waals surface area contributed by atoms with Crippen molar-refractivity contribution in [1.29, 1.82) is 0 Å². The molecule has 0 atom stereocenters. The summed E-state index contributed by atoms with van der Waals surface area (Å²) >= 11 is 2.71. The Bertz CT molecular complexity index is 960. The molecule has 25 heavy (non-hydrogen) atoms. The fraction of sp³-hybridized carbons (Fsp3) is 0.235. The molecule has 2 aromatic heterocycles. The zero-order valence-corrected chi connectivity index (χ0v) is 16.1. The van der Waals surface area contributed by atoms with Gasteiger partial charge in [0.05, 0.1) is 10.6 Å². The number of halogens is 1. The van der Waals surface area contributed by atoms with Crippen LogP contribution < -0.4 is 4.72 Å². The van der Waals surface area contributed by atoms with E-state index < -0.39 is 10.0 Å².